The summed E-state index contributed by atoms with van der Waals surface area (Å²) in [5.74, 6) is -12.3. The van der Waals surface area contributed by atoms with Gasteiger partial charge in [-0.15, -0.1) is 0 Å². The number of halogens is 5. The first-order chi connectivity index (χ1) is 9.84. The van der Waals surface area contributed by atoms with Gasteiger partial charge >= 0.3 is 0 Å². The first kappa shape index (κ1) is 17.4. The number of amides is 1. The fourth-order valence-corrected chi connectivity index (χ4v) is 1.76. The minimum absolute atomic E-state index is 0.0128. The van der Waals surface area contributed by atoms with Crippen molar-refractivity contribution in [3.05, 3.63) is 34.6 Å². The van der Waals surface area contributed by atoms with Crippen LogP contribution in [0.25, 0.3) is 0 Å². The molecule has 8 heteroatoms. The monoisotopic (exact) mass is 310 g/mol. The Bertz CT molecular complexity index is 507. The van der Waals surface area contributed by atoms with Crippen LogP contribution in [0, 0.1) is 29.1 Å². The van der Waals surface area contributed by atoms with Gasteiger partial charge in [-0.05, 0) is 6.42 Å². The second-order valence-electron chi connectivity index (χ2n) is 4.49. The maximum atomic E-state index is 13.4. The van der Waals surface area contributed by atoms with Crippen LogP contribution in [0.2, 0.25) is 0 Å². The lowest BCUT2D eigenvalue weighted by molar-refractivity contribution is 0.0924. The quantitative estimate of drug-likeness (QED) is 0.482. The van der Waals surface area contributed by atoms with Crippen molar-refractivity contribution in [1.82, 2.24) is 5.32 Å². The van der Waals surface area contributed by atoms with Crippen molar-refractivity contribution >= 4 is 5.91 Å². The molecule has 1 aromatic carbocycles. The SMILES string of the molecule is CCCCC(CN)NC(=O)c1c(F)c(F)c(F)c(F)c1F. The zero-order chi connectivity index (χ0) is 16.2. The summed E-state index contributed by atoms with van der Waals surface area (Å²) in [5, 5.41) is 2.17. The Morgan fingerprint density at radius 2 is 1.52 bits per heavy atom. The van der Waals surface area contributed by atoms with E-state index in [9.17, 15) is 26.7 Å². The summed E-state index contributed by atoms with van der Waals surface area (Å²) < 4.78 is 65.8. The number of hydrogen-bond donors (Lipinski definition) is 2. The normalized spacial score (nSPS) is 12.3. The van der Waals surface area contributed by atoms with Crippen molar-refractivity contribution in [2.24, 2.45) is 5.73 Å². The molecule has 1 atom stereocenters. The van der Waals surface area contributed by atoms with Crippen molar-refractivity contribution < 1.29 is 26.7 Å². The minimum atomic E-state index is -2.30. The van der Waals surface area contributed by atoms with E-state index < -0.39 is 46.6 Å². The van der Waals surface area contributed by atoms with Crippen LogP contribution in [-0.4, -0.2) is 18.5 Å². The first-order valence-corrected chi connectivity index (χ1v) is 6.37. The number of nitrogens with one attached hydrogen (secondary N) is 1. The predicted octanol–water partition coefficient (Wildman–Crippen LogP) is 2.63. The van der Waals surface area contributed by atoms with Crippen LogP contribution in [-0.2, 0) is 0 Å². The lowest BCUT2D eigenvalue weighted by Crippen LogP contribution is -2.41. The number of rotatable bonds is 6. The molecular formula is C13H15F5N2O. The van der Waals surface area contributed by atoms with Crippen LogP contribution in [0.5, 0.6) is 0 Å². The third-order valence-corrected chi connectivity index (χ3v) is 2.96. The Morgan fingerprint density at radius 3 is 1.95 bits per heavy atom. The topological polar surface area (TPSA) is 55.1 Å². The summed E-state index contributed by atoms with van der Waals surface area (Å²) in [6, 6.07) is -0.604. The van der Waals surface area contributed by atoms with Gasteiger partial charge in [-0.3, -0.25) is 4.79 Å². The van der Waals surface area contributed by atoms with Gasteiger partial charge in [0.25, 0.3) is 5.91 Å². The van der Waals surface area contributed by atoms with E-state index >= 15 is 0 Å². The average Bonchev–Trinajstić information content (AvgIpc) is 2.47. The first-order valence-electron chi connectivity index (χ1n) is 6.37. The Kier molecular flexibility index (Phi) is 6.07. The lowest BCUT2D eigenvalue weighted by Gasteiger charge is -2.17. The fraction of sp³-hybridized carbons (Fsp3) is 0.462. The van der Waals surface area contributed by atoms with Gasteiger partial charge in [0.05, 0.1) is 0 Å². The van der Waals surface area contributed by atoms with Crippen molar-refractivity contribution in [3.63, 3.8) is 0 Å². The summed E-state index contributed by atoms with van der Waals surface area (Å²) in [7, 11) is 0. The molecule has 0 aliphatic carbocycles. The van der Waals surface area contributed by atoms with Gasteiger partial charge in [0.15, 0.2) is 23.3 Å². The lowest BCUT2D eigenvalue weighted by atomic mass is 10.1. The number of carbonyl (C=O) groups is 1. The van der Waals surface area contributed by atoms with Gasteiger partial charge in [0, 0.05) is 12.6 Å². The molecule has 1 aromatic rings. The highest BCUT2D eigenvalue weighted by Gasteiger charge is 2.30. The van der Waals surface area contributed by atoms with Crippen LogP contribution in [0.15, 0.2) is 0 Å². The number of carbonyl (C=O) groups excluding carboxylic acids is 1. The van der Waals surface area contributed by atoms with Crippen molar-refractivity contribution in [2.45, 2.75) is 32.2 Å². The molecule has 0 radical (unpaired) electrons. The predicted molar refractivity (Wildman–Crippen MR) is 66.1 cm³/mol. The van der Waals surface area contributed by atoms with Gasteiger partial charge in [0.2, 0.25) is 5.82 Å². The number of nitrogens with two attached hydrogens (primary N) is 1. The molecule has 0 aromatic heterocycles. The summed E-state index contributed by atoms with van der Waals surface area (Å²) in [4.78, 5) is 11.7. The molecule has 0 spiro atoms. The molecule has 1 unspecified atom stereocenters. The Hall–Kier alpha value is -1.70. The molecule has 0 aliphatic rings. The Balaban J connectivity index is 3.08. The van der Waals surface area contributed by atoms with E-state index in [4.69, 9.17) is 5.73 Å². The largest absolute Gasteiger partial charge is 0.348 e. The van der Waals surface area contributed by atoms with Gasteiger partial charge < -0.3 is 11.1 Å². The Labute approximate surface area is 118 Å². The third-order valence-electron chi connectivity index (χ3n) is 2.96. The molecule has 0 aliphatic heterocycles. The van der Waals surface area contributed by atoms with Crippen LogP contribution in [0.3, 0.4) is 0 Å². The molecule has 0 saturated carbocycles. The number of hydrogen-bond acceptors (Lipinski definition) is 2. The molecule has 0 heterocycles. The smallest absolute Gasteiger partial charge is 0.257 e. The summed E-state index contributed by atoms with van der Waals surface area (Å²) in [5.41, 5.74) is 3.89. The summed E-state index contributed by atoms with van der Waals surface area (Å²) >= 11 is 0. The standard InChI is InChI=1S/C13H15F5N2O/c1-2-3-4-6(5-19)20-13(21)7-8(14)10(16)12(18)11(17)9(7)15/h6H,2-5,19H2,1H3,(H,20,21). The second kappa shape index (κ2) is 7.35. The zero-order valence-corrected chi connectivity index (χ0v) is 11.3. The summed E-state index contributed by atoms with van der Waals surface area (Å²) in [6.07, 6.45) is 1.93. The van der Waals surface area contributed by atoms with Crippen LogP contribution in [0.1, 0.15) is 36.5 Å². The van der Waals surface area contributed by atoms with E-state index in [-0.39, 0.29) is 6.54 Å². The van der Waals surface area contributed by atoms with E-state index in [0.29, 0.717) is 12.8 Å². The number of benzene rings is 1. The molecular weight excluding hydrogens is 295 g/mol. The van der Waals surface area contributed by atoms with Crippen molar-refractivity contribution in [1.29, 1.82) is 0 Å². The van der Waals surface area contributed by atoms with Crippen LogP contribution in [0.4, 0.5) is 22.0 Å². The molecule has 1 amide bonds. The third kappa shape index (κ3) is 3.69. The van der Waals surface area contributed by atoms with Gasteiger partial charge in [-0.25, -0.2) is 22.0 Å². The van der Waals surface area contributed by atoms with Crippen LogP contribution < -0.4 is 11.1 Å². The second-order valence-corrected chi connectivity index (χ2v) is 4.49. The van der Waals surface area contributed by atoms with Crippen molar-refractivity contribution in [2.75, 3.05) is 6.54 Å². The molecule has 3 N–H and O–H groups in total. The van der Waals surface area contributed by atoms with Crippen LogP contribution >= 0.6 is 0 Å². The molecule has 0 fully saturated rings. The highest BCUT2D eigenvalue weighted by molar-refractivity contribution is 5.95. The van der Waals surface area contributed by atoms with Gasteiger partial charge in [-0.2, -0.15) is 0 Å². The van der Waals surface area contributed by atoms with E-state index in [1.165, 1.54) is 0 Å². The van der Waals surface area contributed by atoms with E-state index in [1.54, 1.807) is 0 Å². The molecule has 3 nitrogen and oxygen atoms in total. The molecule has 0 saturated heterocycles. The highest BCUT2D eigenvalue weighted by Crippen LogP contribution is 2.23. The van der Waals surface area contributed by atoms with E-state index in [0.717, 1.165) is 6.42 Å². The molecule has 21 heavy (non-hydrogen) atoms. The average molecular weight is 310 g/mol. The van der Waals surface area contributed by atoms with Gasteiger partial charge in [0.1, 0.15) is 5.56 Å². The number of unbranched alkanes of at least 4 members (excludes halogenated alkanes) is 1. The fourth-order valence-electron chi connectivity index (χ4n) is 1.76. The van der Waals surface area contributed by atoms with E-state index in [1.807, 2.05) is 6.92 Å². The minimum Gasteiger partial charge on any atom is -0.348 e. The molecule has 1 rings (SSSR count). The maximum Gasteiger partial charge on any atom is 0.257 e. The van der Waals surface area contributed by atoms with E-state index in [2.05, 4.69) is 5.32 Å². The maximum absolute atomic E-state index is 13.4. The highest BCUT2D eigenvalue weighted by atomic mass is 19.2. The Morgan fingerprint density at radius 1 is 1.05 bits per heavy atom. The van der Waals surface area contributed by atoms with Crippen molar-refractivity contribution in [3.8, 4) is 0 Å². The van der Waals surface area contributed by atoms with Gasteiger partial charge in [-0.1, -0.05) is 19.8 Å². The molecule has 118 valence electrons. The zero-order valence-electron chi connectivity index (χ0n) is 11.3. The molecule has 0 bridgehead atoms. The summed E-state index contributed by atoms with van der Waals surface area (Å²) in [6.45, 7) is 1.88.